The van der Waals surface area contributed by atoms with Crippen molar-refractivity contribution in [3.63, 3.8) is 0 Å². The van der Waals surface area contributed by atoms with E-state index in [1.54, 1.807) is 5.19 Å². The van der Waals surface area contributed by atoms with Crippen molar-refractivity contribution < 1.29 is 9.47 Å². The number of benzene rings is 1. The number of rotatable bonds is 8. The zero-order valence-electron chi connectivity index (χ0n) is 15.4. The Labute approximate surface area is 144 Å². The minimum Gasteiger partial charge on any atom is -0.353 e. The fourth-order valence-electron chi connectivity index (χ4n) is 3.42. The first-order valence-electron chi connectivity index (χ1n) is 9.36. The van der Waals surface area contributed by atoms with Gasteiger partial charge in [0.25, 0.3) is 0 Å². The van der Waals surface area contributed by atoms with Gasteiger partial charge < -0.3 is 9.47 Å². The van der Waals surface area contributed by atoms with Crippen LogP contribution in [0.2, 0.25) is 12.1 Å². The third-order valence-electron chi connectivity index (χ3n) is 4.54. The Morgan fingerprint density at radius 1 is 1.04 bits per heavy atom. The lowest BCUT2D eigenvalue weighted by Gasteiger charge is -2.23. The molecule has 130 valence electrons. The molecule has 0 N–H and O–H groups in total. The molecule has 1 heterocycles. The molecule has 1 aliphatic heterocycles. The molecule has 1 aromatic rings. The lowest BCUT2D eigenvalue weighted by Crippen LogP contribution is -2.32. The van der Waals surface area contributed by atoms with E-state index in [1.165, 1.54) is 30.5 Å². The van der Waals surface area contributed by atoms with Crippen LogP contribution in [0.25, 0.3) is 0 Å². The Kier molecular flexibility index (Phi) is 7.81. The highest BCUT2D eigenvalue weighted by atomic mass is 28.3. The molecule has 0 spiro atoms. The summed E-state index contributed by atoms with van der Waals surface area (Å²) in [5.41, 5.74) is 1.27. The van der Waals surface area contributed by atoms with Crippen LogP contribution in [-0.4, -0.2) is 21.7 Å². The Balaban J connectivity index is 1.90. The van der Waals surface area contributed by atoms with Crippen LogP contribution in [0.15, 0.2) is 24.3 Å². The molecule has 1 atom stereocenters. The molecule has 2 rings (SSSR count). The van der Waals surface area contributed by atoms with Crippen molar-refractivity contribution in [2.45, 2.75) is 71.9 Å². The van der Waals surface area contributed by atoms with E-state index < -0.39 is 8.80 Å². The fraction of sp³-hybridized carbons (Fsp3) is 0.700. The second-order valence-electron chi connectivity index (χ2n) is 7.80. The van der Waals surface area contributed by atoms with Crippen LogP contribution in [0.4, 0.5) is 0 Å². The van der Waals surface area contributed by atoms with Crippen molar-refractivity contribution in [3.05, 3.63) is 29.8 Å². The molecule has 0 saturated carbocycles. The van der Waals surface area contributed by atoms with E-state index in [2.05, 4.69) is 52.0 Å². The summed E-state index contributed by atoms with van der Waals surface area (Å²) in [6.45, 7) is 10.9. The molecule has 1 unspecified atom stereocenters. The second-order valence-corrected chi connectivity index (χ2v) is 10.8. The van der Waals surface area contributed by atoms with Crippen molar-refractivity contribution >= 4 is 14.0 Å². The van der Waals surface area contributed by atoms with Gasteiger partial charge in [-0.15, -0.1) is 0 Å². The molecule has 0 amide bonds. The van der Waals surface area contributed by atoms with Gasteiger partial charge in [0, 0.05) is 6.61 Å². The zero-order valence-corrected chi connectivity index (χ0v) is 16.5. The highest BCUT2D eigenvalue weighted by Crippen LogP contribution is 2.17. The van der Waals surface area contributed by atoms with Crippen LogP contribution >= 0.6 is 0 Å². The lowest BCUT2D eigenvalue weighted by atomic mass is 10.2. The molecule has 3 heteroatoms. The average Bonchev–Trinajstić information content (AvgIpc) is 2.53. The van der Waals surface area contributed by atoms with E-state index in [9.17, 15) is 0 Å². The SMILES string of the molecule is CC(C)C[SiH](CC(C)C)c1ccc(COC2CCCCO2)cc1. The van der Waals surface area contributed by atoms with E-state index in [4.69, 9.17) is 9.47 Å². The summed E-state index contributed by atoms with van der Waals surface area (Å²) in [7, 11) is -0.842. The van der Waals surface area contributed by atoms with Crippen molar-refractivity contribution in [2.24, 2.45) is 11.8 Å². The Morgan fingerprint density at radius 3 is 2.22 bits per heavy atom. The maximum atomic E-state index is 5.89. The molecule has 23 heavy (non-hydrogen) atoms. The van der Waals surface area contributed by atoms with Crippen molar-refractivity contribution in [1.29, 1.82) is 0 Å². The third-order valence-corrected chi connectivity index (χ3v) is 8.89. The minimum absolute atomic E-state index is 0.00688. The van der Waals surface area contributed by atoms with Gasteiger partial charge in [-0.2, -0.15) is 0 Å². The number of ether oxygens (including phenoxy) is 2. The molecular weight excluding hydrogens is 300 g/mol. The predicted octanol–water partition coefficient (Wildman–Crippen LogP) is 4.48. The van der Waals surface area contributed by atoms with Crippen molar-refractivity contribution in [1.82, 2.24) is 0 Å². The monoisotopic (exact) mass is 334 g/mol. The summed E-state index contributed by atoms with van der Waals surface area (Å²) >= 11 is 0. The van der Waals surface area contributed by atoms with Gasteiger partial charge in [0.2, 0.25) is 0 Å². The van der Waals surface area contributed by atoms with E-state index in [0.717, 1.165) is 24.9 Å². The average molecular weight is 335 g/mol. The van der Waals surface area contributed by atoms with Crippen LogP contribution in [0.5, 0.6) is 0 Å². The highest BCUT2D eigenvalue weighted by molar-refractivity contribution is 6.73. The fourth-order valence-corrected chi connectivity index (χ4v) is 7.17. The normalized spacial score (nSPS) is 19.0. The van der Waals surface area contributed by atoms with E-state index >= 15 is 0 Å². The molecule has 0 aromatic heterocycles. The van der Waals surface area contributed by atoms with Crippen LogP contribution in [0, 0.1) is 11.8 Å². The van der Waals surface area contributed by atoms with Crippen molar-refractivity contribution in [3.8, 4) is 0 Å². The number of hydrogen-bond donors (Lipinski definition) is 0. The first-order chi connectivity index (χ1) is 11.0. The quantitative estimate of drug-likeness (QED) is 0.653. The predicted molar refractivity (Wildman–Crippen MR) is 101 cm³/mol. The maximum absolute atomic E-state index is 5.89. The zero-order chi connectivity index (χ0) is 16.7. The van der Waals surface area contributed by atoms with Gasteiger partial charge in [-0.3, -0.25) is 0 Å². The van der Waals surface area contributed by atoms with Gasteiger partial charge in [0.05, 0.1) is 15.4 Å². The van der Waals surface area contributed by atoms with Crippen LogP contribution < -0.4 is 5.19 Å². The standard InChI is InChI=1S/C20H34O2Si/c1-16(2)14-23(15-17(3)4)19-10-8-18(9-11-19)13-22-20-7-5-6-12-21-20/h8-11,16-17,20,23H,5-7,12-15H2,1-4H3. The molecule has 0 aliphatic carbocycles. The van der Waals surface area contributed by atoms with Gasteiger partial charge in [-0.25, -0.2) is 0 Å². The van der Waals surface area contributed by atoms with Crippen LogP contribution in [0.1, 0.15) is 52.5 Å². The molecule has 1 fully saturated rings. The van der Waals surface area contributed by atoms with Crippen LogP contribution in [-0.2, 0) is 16.1 Å². The van der Waals surface area contributed by atoms with Gasteiger partial charge in [-0.05, 0) is 36.7 Å². The van der Waals surface area contributed by atoms with E-state index in [0.29, 0.717) is 6.61 Å². The maximum Gasteiger partial charge on any atom is 0.158 e. The van der Waals surface area contributed by atoms with E-state index in [1.807, 2.05) is 0 Å². The molecule has 2 nitrogen and oxygen atoms in total. The summed E-state index contributed by atoms with van der Waals surface area (Å²) in [6, 6.07) is 12.1. The molecule has 1 aromatic carbocycles. The van der Waals surface area contributed by atoms with Crippen molar-refractivity contribution in [2.75, 3.05) is 6.61 Å². The summed E-state index contributed by atoms with van der Waals surface area (Å²) in [6.07, 6.45) is 3.44. The van der Waals surface area contributed by atoms with Gasteiger partial charge in [0.15, 0.2) is 6.29 Å². The van der Waals surface area contributed by atoms with Crippen LogP contribution in [0.3, 0.4) is 0 Å². The summed E-state index contributed by atoms with van der Waals surface area (Å²) in [4.78, 5) is 0. The van der Waals surface area contributed by atoms with Gasteiger partial charge >= 0.3 is 0 Å². The lowest BCUT2D eigenvalue weighted by molar-refractivity contribution is -0.168. The van der Waals surface area contributed by atoms with E-state index in [-0.39, 0.29) is 6.29 Å². The summed E-state index contributed by atoms with van der Waals surface area (Å²) < 4.78 is 11.5. The first kappa shape index (κ1) is 18.7. The molecule has 0 radical (unpaired) electrons. The topological polar surface area (TPSA) is 18.5 Å². The Bertz CT molecular complexity index is 425. The number of hydrogen-bond acceptors (Lipinski definition) is 2. The Hall–Kier alpha value is -0.643. The smallest absolute Gasteiger partial charge is 0.158 e. The Morgan fingerprint density at radius 2 is 1.70 bits per heavy atom. The second kappa shape index (κ2) is 9.60. The molecule has 1 saturated heterocycles. The molecule has 1 aliphatic rings. The highest BCUT2D eigenvalue weighted by Gasteiger charge is 2.17. The summed E-state index contributed by atoms with van der Waals surface area (Å²) in [5, 5.41) is 1.62. The van der Waals surface area contributed by atoms with Gasteiger partial charge in [-0.1, -0.05) is 69.2 Å². The summed E-state index contributed by atoms with van der Waals surface area (Å²) in [5.74, 6) is 1.61. The first-order valence-corrected chi connectivity index (χ1v) is 11.6. The minimum atomic E-state index is -0.842. The largest absolute Gasteiger partial charge is 0.353 e. The van der Waals surface area contributed by atoms with Gasteiger partial charge in [0.1, 0.15) is 0 Å². The molecule has 0 bridgehead atoms. The third kappa shape index (κ3) is 6.78. The molecular formula is C20H34O2Si.